The van der Waals surface area contributed by atoms with Gasteiger partial charge >= 0.3 is 0 Å². The van der Waals surface area contributed by atoms with E-state index in [1.165, 1.54) is 25.7 Å². The topological polar surface area (TPSA) is 18.5 Å². The zero-order valence-corrected chi connectivity index (χ0v) is 20.9. The third-order valence-electron chi connectivity index (χ3n) is 6.94. The van der Waals surface area contributed by atoms with Crippen LogP contribution in [0.1, 0.15) is 0 Å². The summed E-state index contributed by atoms with van der Waals surface area (Å²) in [5.41, 5.74) is 2.36. The van der Waals surface area contributed by atoms with Crippen molar-refractivity contribution in [3.8, 4) is 34.1 Å². The highest BCUT2D eigenvalue weighted by atomic mass is 32.4. The third kappa shape index (κ3) is 2.62. The van der Waals surface area contributed by atoms with Gasteiger partial charge in [-0.3, -0.25) is 0 Å². The van der Waals surface area contributed by atoms with Crippen LogP contribution in [-0.4, -0.2) is 0 Å². The number of ether oxygens (including phenoxy) is 2. The summed E-state index contributed by atoms with van der Waals surface area (Å²) in [6, 6.07) is 33.6. The molecule has 0 aliphatic carbocycles. The number of benzene rings is 5. The molecule has 1 unspecified atom stereocenters. The van der Waals surface area contributed by atoms with Gasteiger partial charge in [-0.2, -0.15) is 0 Å². The number of para-hydroxylation sites is 1. The average molecular weight is 505 g/mol. The van der Waals surface area contributed by atoms with Crippen LogP contribution in [0.3, 0.4) is 0 Å². The molecule has 5 heteroatoms. The first kappa shape index (κ1) is 19.8. The quantitative estimate of drug-likeness (QED) is 0.214. The molecule has 1 aromatic heterocycles. The highest BCUT2D eigenvalue weighted by Crippen LogP contribution is 2.58. The second-order valence-electron chi connectivity index (χ2n) is 8.85. The van der Waals surface area contributed by atoms with Crippen molar-refractivity contribution >= 4 is 65.3 Å². The molecule has 6 aromatic rings. The van der Waals surface area contributed by atoms with Gasteiger partial charge in [-0.15, -0.1) is 11.3 Å². The van der Waals surface area contributed by atoms with Crippen molar-refractivity contribution in [3.63, 3.8) is 0 Å². The Bertz CT molecular complexity index is 1900. The zero-order chi connectivity index (χ0) is 23.1. The van der Waals surface area contributed by atoms with Gasteiger partial charge < -0.3 is 9.47 Å². The summed E-state index contributed by atoms with van der Waals surface area (Å²) in [5, 5.41) is 5.82. The average Bonchev–Trinajstić information content (AvgIpc) is 3.27. The molecule has 0 saturated carbocycles. The van der Waals surface area contributed by atoms with Gasteiger partial charge in [0.15, 0.2) is 0 Å². The second-order valence-corrected chi connectivity index (χ2v) is 14.2. The monoisotopic (exact) mass is 504 g/mol. The van der Waals surface area contributed by atoms with E-state index >= 15 is 0 Å². The van der Waals surface area contributed by atoms with Gasteiger partial charge in [0.1, 0.15) is 23.0 Å². The van der Waals surface area contributed by atoms with E-state index in [9.17, 15) is 0 Å². The number of thiophene rings is 1. The van der Waals surface area contributed by atoms with Crippen LogP contribution in [-0.2, 0) is 11.8 Å². The van der Waals surface area contributed by atoms with Crippen LogP contribution in [0, 0.1) is 0 Å². The van der Waals surface area contributed by atoms with E-state index < -0.39 is 6.04 Å². The number of hydrogen-bond acceptors (Lipinski definition) is 4. The second kappa shape index (κ2) is 7.05. The molecule has 2 nitrogen and oxygen atoms in total. The molecule has 5 aromatic carbocycles. The van der Waals surface area contributed by atoms with Gasteiger partial charge in [-0.05, 0) is 53.6 Å². The van der Waals surface area contributed by atoms with Crippen LogP contribution in [0.5, 0.6) is 23.0 Å². The van der Waals surface area contributed by atoms with Crippen LogP contribution in [0.2, 0.25) is 0 Å². The van der Waals surface area contributed by atoms with Crippen molar-refractivity contribution in [2.75, 3.05) is 0 Å². The lowest BCUT2D eigenvalue weighted by Crippen LogP contribution is -2.34. The Hall–Kier alpha value is -3.43. The summed E-state index contributed by atoms with van der Waals surface area (Å²) in [6.07, 6.45) is 0. The number of rotatable bonds is 1. The normalized spacial score (nSPS) is 17.3. The summed E-state index contributed by atoms with van der Waals surface area (Å²) < 4.78 is 15.4. The zero-order valence-electron chi connectivity index (χ0n) is 18.4. The molecule has 0 bridgehead atoms. The molecule has 3 heterocycles. The Kier molecular flexibility index (Phi) is 4.00. The molecule has 0 amide bonds. The molecule has 35 heavy (non-hydrogen) atoms. The van der Waals surface area contributed by atoms with E-state index in [1.807, 2.05) is 41.7 Å². The van der Waals surface area contributed by atoms with Gasteiger partial charge in [0.05, 0.1) is 11.3 Å². The molecule has 0 spiro atoms. The van der Waals surface area contributed by atoms with Crippen molar-refractivity contribution in [1.82, 2.24) is 0 Å². The molecule has 2 aliphatic rings. The first-order valence-corrected chi connectivity index (χ1v) is 15.1. The maximum absolute atomic E-state index is 6.59. The standard InChI is InChI=1S/C30H17O2PS2/c34-33-26-13-3-2-10-22(26)31-23-11-6-12-24(29(23)33)32-25-17-18(15-16-27(25)33)19-8-5-9-21-20-7-1-4-14-28(20)35-30(19)21/h1-17H. The predicted molar refractivity (Wildman–Crippen MR) is 151 cm³/mol. The van der Waals surface area contributed by atoms with Gasteiger partial charge in [-0.1, -0.05) is 72.5 Å². The van der Waals surface area contributed by atoms with Crippen LogP contribution in [0.4, 0.5) is 0 Å². The van der Waals surface area contributed by atoms with Crippen molar-refractivity contribution in [1.29, 1.82) is 0 Å². The highest BCUT2D eigenvalue weighted by molar-refractivity contribution is 8.26. The molecule has 0 fully saturated rings. The van der Waals surface area contributed by atoms with E-state index in [4.69, 9.17) is 21.3 Å². The molecule has 1 atom stereocenters. The van der Waals surface area contributed by atoms with Gasteiger partial charge in [0.2, 0.25) is 0 Å². The maximum Gasteiger partial charge on any atom is 0.140 e. The summed E-state index contributed by atoms with van der Waals surface area (Å²) in [6.45, 7) is 0. The van der Waals surface area contributed by atoms with Crippen LogP contribution < -0.4 is 25.4 Å². The lowest BCUT2D eigenvalue weighted by atomic mass is 10.0. The highest BCUT2D eigenvalue weighted by Gasteiger charge is 2.42. The van der Waals surface area contributed by atoms with Gasteiger partial charge in [0, 0.05) is 30.8 Å². The fourth-order valence-electron chi connectivity index (χ4n) is 5.39. The van der Waals surface area contributed by atoms with Crippen molar-refractivity contribution < 1.29 is 9.47 Å². The van der Waals surface area contributed by atoms with Crippen LogP contribution in [0.25, 0.3) is 31.3 Å². The molecule has 0 radical (unpaired) electrons. The number of hydrogen-bond donors (Lipinski definition) is 0. The molecular weight excluding hydrogens is 487 g/mol. The van der Waals surface area contributed by atoms with Crippen LogP contribution >= 0.6 is 17.4 Å². The minimum Gasteiger partial charge on any atom is -0.456 e. The van der Waals surface area contributed by atoms with E-state index in [1.54, 1.807) is 0 Å². The fourth-order valence-corrected chi connectivity index (χ4v) is 11.1. The Morgan fingerprint density at radius 2 is 1.29 bits per heavy atom. The largest absolute Gasteiger partial charge is 0.456 e. The van der Waals surface area contributed by atoms with Crippen molar-refractivity contribution in [2.24, 2.45) is 0 Å². The molecule has 0 N–H and O–H groups in total. The van der Waals surface area contributed by atoms with Gasteiger partial charge in [0.25, 0.3) is 0 Å². The molecule has 0 saturated heterocycles. The van der Waals surface area contributed by atoms with Crippen molar-refractivity contribution in [2.45, 2.75) is 0 Å². The molecule has 8 rings (SSSR count). The Morgan fingerprint density at radius 3 is 2.20 bits per heavy atom. The first-order chi connectivity index (χ1) is 17.2. The minimum absolute atomic E-state index is 0.810. The smallest absolute Gasteiger partial charge is 0.140 e. The summed E-state index contributed by atoms with van der Waals surface area (Å²) >= 11 is 8.44. The van der Waals surface area contributed by atoms with E-state index in [0.717, 1.165) is 44.5 Å². The number of fused-ring (bicyclic) bond motifs is 7. The fraction of sp³-hybridized carbons (Fsp3) is 0. The molecule has 166 valence electrons. The Morgan fingerprint density at radius 1 is 0.600 bits per heavy atom. The SMILES string of the molecule is S=P12c3ccccc3Oc3cccc(c31)Oc1cc(-c3cccc4c3sc3ccccc34)ccc12. The third-order valence-corrected chi connectivity index (χ3v) is 13.0. The van der Waals surface area contributed by atoms with E-state index in [-0.39, 0.29) is 0 Å². The summed E-state index contributed by atoms with van der Waals surface area (Å²) in [4.78, 5) is 0. The maximum atomic E-state index is 6.59. The minimum atomic E-state index is -2.31. The first-order valence-electron chi connectivity index (χ1n) is 11.5. The molecular formula is C30H17O2PS2. The summed E-state index contributed by atoms with van der Waals surface area (Å²) in [5.74, 6) is 3.33. The van der Waals surface area contributed by atoms with Crippen LogP contribution in [0.15, 0.2) is 103 Å². The van der Waals surface area contributed by atoms with Crippen molar-refractivity contribution in [3.05, 3.63) is 103 Å². The molecule has 2 aliphatic heterocycles. The Balaban J connectivity index is 1.38. The van der Waals surface area contributed by atoms with E-state index in [0.29, 0.717) is 0 Å². The predicted octanol–water partition coefficient (Wildman–Crippen LogP) is 7.69. The van der Waals surface area contributed by atoms with Gasteiger partial charge in [-0.25, -0.2) is 0 Å². The summed E-state index contributed by atoms with van der Waals surface area (Å²) in [7, 11) is 0. The van der Waals surface area contributed by atoms with E-state index in [2.05, 4.69) is 72.8 Å². The Labute approximate surface area is 211 Å². The lowest BCUT2D eigenvalue weighted by Gasteiger charge is -2.37. The lowest BCUT2D eigenvalue weighted by molar-refractivity contribution is 0.466.